The molecule has 0 radical (unpaired) electrons. The number of aromatic hydroxyl groups is 1. The maximum absolute atomic E-state index is 9.17. The van der Waals surface area contributed by atoms with E-state index >= 15 is 0 Å². The van der Waals surface area contributed by atoms with Gasteiger partial charge in [0.05, 0.1) is 0 Å². The van der Waals surface area contributed by atoms with Crippen molar-refractivity contribution in [2.75, 3.05) is 20.1 Å². The van der Waals surface area contributed by atoms with E-state index in [4.69, 9.17) is 10.8 Å². The zero-order valence-electron chi connectivity index (χ0n) is 10.0. The van der Waals surface area contributed by atoms with Crippen molar-refractivity contribution in [2.45, 2.75) is 25.8 Å². The summed E-state index contributed by atoms with van der Waals surface area (Å²) in [5, 5.41) is 9.17. The first-order valence-electron chi connectivity index (χ1n) is 5.89. The molecule has 90 valence electrons. The number of hydrogen-bond donors (Lipinski definition) is 2. The maximum atomic E-state index is 9.17. The SMILES string of the molecule is CN(CCCCCN)Cc1ccc(O)cc1. The van der Waals surface area contributed by atoms with Crippen molar-refractivity contribution in [3.63, 3.8) is 0 Å². The minimum atomic E-state index is 0.328. The van der Waals surface area contributed by atoms with Crippen molar-refractivity contribution in [2.24, 2.45) is 5.73 Å². The van der Waals surface area contributed by atoms with Crippen LogP contribution in [0.2, 0.25) is 0 Å². The fourth-order valence-electron chi connectivity index (χ4n) is 1.69. The molecule has 0 aliphatic carbocycles. The van der Waals surface area contributed by atoms with E-state index in [2.05, 4.69) is 11.9 Å². The Morgan fingerprint density at radius 1 is 1.12 bits per heavy atom. The Bertz CT molecular complexity index is 284. The van der Waals surface area contributed by atoms with Gasteiger partial charge in [-0.1, -0.05) is 18.6 Å². The largest absolute Gasteiger partial charge is 0.508 e. The van der Waals surface area contributed by atoms with Gasteiger partial charge in [-0.2, -0.15) is 0 Å². The highest BCUT2D eigenvalue weighted by Crippen LogP contribution is 2.11. The quantitative estimate of drug-likeness (QED) is 0.693. The predicted molar refractivity (Wildman–Crippen MR) is 67.3 cm³/mol. The average Bonchev–Trinajstić information content (AvgIpc) is 2.28. The fourth-order valence-corrected chi connectivity index (χ4v) is 1.69. The molecular formula is C13H22N2O. The molecule has 0 aliphatic rings. The van der Waals surface area contributed by atoms with Crippen LogP contribution >= 0.6 is 0 Å². The third-order valence-corrected chi connectivity index (χ3v) is 2.63. The lowest BCUT2D eigenvalue weighted by Crippen LogP contribution is -2.19. The second-order valence-corrected chi connectivity index (χ2v) is 4.25. The number of hydrogen-bond acceptors (Lipinski definition) is 3. The van der Waals surface area contributed by atoms with E-state index < -0.39 is 0 Å². The number of phenolic OH excluding ortho intramolecular Hbond substituents is 1. The molecule has 0 aliphatic heterocycles. The minimum absolute atomic E-state index is 0.328. The number of rotatable bonds is 7. The van der Waals surface area contributed by atoms with Crippen molar-refractivity contribution in [1.82, 2.24) is 4.90 Å². The second kappa shape index (κ2) is 7.25. The number of phenols is 1. The molecule has 0 amide bonds. The monoisotopic (exact) mass is 222 g/mol. The van der Waals surface area contributed by atoms with Crippen LogP contribution in [0.5, 0.6) is 5.75 Å². The van der Waals surface area contributed by atoms with Crippen LogP contribution in [0.4, 0.5) is 0 Å². The zero-order valence-corrected chi connectivity index (χ0v) is 10.0. The van der Waals surface area contributed by atoms with Gasteiger partial charge >= 0.3 is 0 Å². The molecule has 16 heavy (non-hydrogen) atoms. The highest BCUT2D eigenvalue weighted by atomic mass is 16.3. The van der Waals surface area contributed by atoms with Crippen LogP contribution in [0.15, 0.2) is 24.3 Å². The zero-order chi connectivity index (χ0) is 11.8. The summed E-state index contributed by atoms with van der Waals surface area (Å²) in [4.78, 5) is 2.29. The van der Waals surface area contributed by atoms with Crippen molar-refractivity contribution in [3.8, 4) is 5.75 Å². The van der Waals surface area contributed by atoms with E-state index in [0.29, 0.717) is 5.75 Å². The number of unbranched alkanes of at least 4 members (excludes halogenated alkanes) is 2. The lowest BCUT2D eigenvalue weighted by atomic mass is 10.2. The summed E-state index contributed by atoms with van der Waals surface area (Å²) in [6.07, 6.45) is 3.52. The number of nitrogens with zero attached hydrogens (tertiary/aromatic N) is 1. The third kappa shape index (κ3) is 5.14. The highest BCUT2D eigenvalue weighted by Gasteiger charge is 2.00. The smallest absolute Gasteiger partial charge is 0.115 e. The Balaban J connectivity index is 2.23. The lowest BCUT2D eigenvalue weighted by Gasteiger charge is -2.16. The summed E-state index contributed by atoms with van der Waals surface area (Å²) in [5.74, 6) is 0.328. The lowest BCUT2D eigenvalue weighted by molar-refractivity contribution is 0.317. The second-order valence-electron chi connectivity index (χ2n) is 4.25. The Morgan fingerprint density at radius 2 is 1.81 bits per heavy atom. The Labute approximate surface area is 97.9 Å². The van der Waals surface area contributed by atoms with Gasteiger partial charge < -0.3 is 15.7 Å². The fraction of sp³-hybridized carbons (Fsp3) is 0.538. The molecule has 0 fully saturated rings. The van der Waals surface area contributed by atoms with Crippen molar-refractivity contribution >= 4 is 0 Å². The van der Waals surface area contributed by atoms with Crippen LogP contribution in [0.1, 0.15) is 24.8 Å². The number of benzene rings is 1. The van der Waals surface area contributed by atoms with E-state index in [1.54, 1.807) is 12.1 Å². The number of nitrogens with two attached hydrogens (primary N) is 1. The van der Waals surface area contributed by atoms with Crippen LogP contribution in [0, 0.1) is 0 Å². The molecule has 0 saturated carbocycles. The molecule has 0 heterocycles. The van der Waals surface area contributed by atoms with Crippen LogP contribution in [-0.4, -0.2) is 30.1 Å². The molecule has 0 atom stereocenters. The van der Waals surface area contributed by atoms with E-state index in [-0.39, 0.29) is 0 Å². The summed E-state index contributed by atoms with van der Waals surface area (Å²) in [6.45, 7) is 2.82. The van der Waals surface area contributed by atoms with E-state index in [1.807, 2.05) is 12.1 Å². The third-order valence-electron chi connectivity index (χ3n) is 2.63. The van der Waals surface area contributed by atoms with Gasteiger partial charge in [-0.25, -0.2) is 0 Å². The highest BCUT2D eigenvalue weighted by molar-refractivity contribution is 5.25. The van der Waals surface area contributed by atoms with Gasteiger partial charge in [-0.15, -0.1) is 0 Å². The van der Waals surface area contributed by atoms with Crippen molar-refractivity contribution in [3.05, 3.63) is 29.8 Å². The Morgan fingerprint density at radius 3 is 2.44 bits per heavy atom. The van der Waals surface area contributed by atoms with Gasteiger partial charge in [-0.05, 0) is 50.7 Å². The van der Waals surface area contributed by atoms with E-state index in [9.17, 15) is 0 Å². The standard InChI is InChI=1S/C13H22N2O/c1-15(10-4-2-3-9-14)11-12-5-7-13(16)8-6-12/h5-8,16H,2-4,9-11,14H2,1H3. The molecule has 3 heteroatoms. The molecular weight excluding hydrogens is 200 g/mol. The maximum Gasteiger partial charge on any atom is 0.115 e. The van der Waals surface area contributed by atoms with Gasteiger partial charge in [0.2, 0.25) is 0 Å². The van der Waals surface area contributed by atoms with E-state index in [0.717, 1.165) is 26.1 Å². The molecule has 1 aromatic rings. The van der Waals surface area contributed by atoms with Crippen LogP contribution in [-0.2, 0) is 6.54 Å². The molecule has 3 N–H and O–H groups in total. The summed E-state index contributed by atoms with van der Waals surface area (Å²) >= 11 is 0. The average molecular weight is 222 g/mol. The van der Waals surface area contributed by atoms with Gasteiger partial charge in [0.25, 0.3) is 0 Å². The summed E-state index contributed by atoms with van der Waals surface area (Å²) in [6, 6.07) is 7.40. The summed E-state index contributed by atoms with van der Waals surface area (Å²) in [5.41, 5.74) is 6.68. The predicted octanol–water partition coefficient (Wildman–Crippen LogP) is 1.95. The van der Waals surface area contributed by atoms with Gasteiger partial charge in [-0.3, -0.25) is 0 Å². The van der Waals surface area contributed by atoms with Crippen molar-refractivity contribution < 1.29 is 5.11 Å². The minimum Gasteiger partial charge on any atom is -0.508 e. The van der Waals surface area contributed by atoms with Gasteiger partial charge in [0, 0.05) is 6.54 Å². The Hall–Kier alpha value is -1.06. The topological polar surface area (TPSA) is 49.5 Å². The molecule has 1 aromatic carbocycles. The van der Waals surface area contributed by atoms with E-state index in [1.165, 1.54) is 18.4 Å². The Kier molecular flexibility index (Phi) is 5.90. The molecule has 0 spiro atoms. The normalized spacial score (nSPS) is 10.9. The first kappa shape index (κ1) is 13.0. The first-order chi connectivity index (χ1) is 7.72. The molecule has 1 rings (SSSR count). The van der Waals surface area contributed by atoms with Crippen molar-refractivity contribution in [1.29, 1.82) is 0 Å². The summed E-state index contributed by atoms with van der Waals surface area (Å²) < 4.78 is 0. The molecule has 3 nitrogen and oxygen atoms in total. The molecule has 0 unspecified atom stereocenters. The summed E-state index contributed by atoms with van der Waals surface area (Å²) in [7, 11) is 2.12. The van der Waals surface area contributed by atoms with Gasteiger partial charge in [0.15, 0.2) is 0 Å². The van der Waals surface area contributed by atoms with Crippen LogP contribution in [0.25, 0.3) is 0 Å². The molecule has 0 aromatic heterocycles. The van der Waals surface area contributed by atoms with Crippen LogP contribution in [0.3, 0.4) is 0 Å². The molecule has 0 saturated heterocycles. The van der Waals surface area contributed by atoms with Crippen LogP contribution < -0.4 is 5.73 Å². The molecule has 0 bridgehead atoms. The van der Waals surface area contributed by atoms with Gasteiger partial charge in [0.1, 0.15) is 5.75 Å². The first-order valence-corrected chi connectivity index (χ1v) is 5.89.